The van der Waals surface area contributed by atoms with Gasteiger partial charge in [0.25, 0.3) is 0 Å². The molecule has 58 valence electrons. The molecular formula is C8H15NS. The molecule has 1 aromatic heterocycles. The van der Waals surface area contributed by atoms with E-state index in [1.54, 1.807) is 11.3 Å². The second-order valence-corrected chi connectivity index (χ2v) is 3.04. The number of aryl methyl sites for hydroxylation is 2. The van der Waals surface area contributed by atoms with Crippen LogP contribution in [0.15, 0.2) is 6.20 Å². The van der Waals surface area contributed by atoms with Crippen LogP contribution in [-0.2, 0) is 6.42 Å². The van der Waals surface area contributed by atoms with Gasteiger partial charge in [-0.1, -0.05) is 20.8 Å². The Balaban J connectivity index is 0.000000371. The second-order valence-electron chi connectivity index (χ2n) is 1.72. The summed E-state index contributed by atoms with van der Waals surface area (Å²) in [6, 6.07) is 0. The summed E-state index contributed by atoms with van der Waals surface area (Å²) in [5.41, 5.74) is 0. The molecule has 0 aliphatic rings. The lowest BCUT2D eigenvalue weighted by atomic mass is 10.5. The molecule has 0 aliphatic carbocycles. The van der Waals surface area contributed by atoms with Crippen molar-refractivity contribution in [1.82, 2.24) is 4.98 Å². The number of rotatable bonds is 1. The van der Waals surface area contributed by atoms with E-state index in [-0.39, 0.29) is 0 Å². The van der Waals surface area contributed by atoms with Crippen molar-refractivity contribution in [2.45, 2.75) is 34.1 Å². The zero-order valence-electron chi connectivity index (χ0n) is 7.14. The molecule has 0 amide bonds. The molecule has 1 aromatic rings. The molecule has 0 saturated carbocycles. The van der Waals surface area contributed by atoms with Crippen molar-refractivity contribution in [2.24, 2.45) is 0 Å². The summed E-state index contributed by atoms with van der Waals surface area (Å²) in [6.07, 6.45) is 2.99. The van der Waals surface area contributed by atoms with Crippen LogP contribution in [0.4, 0.5) is 0 Å². The van der Waals surface area contributed by atoms with Crippen molar-refractivity contribution in [3.63, 3.8) is 0 Å². The molecule has 2 heteroatoms. The Kier molecular flexibility index (Phi) is 5.22. The van der Waals surface area contributed by atoms with Crippen LogP contribution < -0.4 is 0 Å². The van der Waals surface area contributed by atoms with E-state index in [9.17, 15) is 0 Å². The minimum atomic E-state index is 1.07. The summed E-state index contributed by atoms with van der Waals surface area (Å²) >= 11 is 1.78. The fraction of sp³-hybridized carbons (Fsp3) is 0.625. The molecule has 0 spiro atoms. The third-order valence-corrected chi connectivity index (χ3v) is 2.03. The molecule has 0 atom stereocenters. The molecule has 0 N–H and O–H groups in total. The van der Waals surface area contributed by atoms with Gasteiger partial charge in [-0.3, -0.25) is 0 Å². The highest BCUT2D eigenvalue weighted by Gasteiger charge is 1.91. The van der Waals surface area contributed by atoms with Crippen LogP contribution in [0, 0.1) is 6.92 Å². The lowest BCUT2D eigenvalue weighted by Gasteiger charge is -1.78. The first-order valence-electron chi connectivity index (χ1n) is 3.74. The van der Waals surface area contributed by atoms with E-state index >= 15 is 0 Å². The molecule has 1 nitrogen and oxygen atoms in total. The summed E-state index contributed by atoms with van der Waals surface area (Å²) in [5, 5.41) is 1.24. The number of nitrogens with zero attached hydrogens (tertiary/aromatic N) is 1. The van der Waals surface area contributed by atoms with Crippen molar-refractivity contribution in [2.75, 3.05) is 0 Å². The minimum Gasteiger partial charge on any atom is -0.249 e. The minimum absolute atomic E-state index is 1.07. The van der Waals surface area contributed by atoms with Crippen molar-refractivity contribution in [3.8, 4) is 0 Å². The van der Waals surface area contributed by atoms with E-state index in [4.69, 9.17) is 0 Å². The molecule has 0 aliphatic heterocycles. The number of thiazole rings is 1. The van der Waals surface area contributed by atoms with Gasteiger partial charge >= 0.3 is 0 Å². The third kappa shape index (κ3) is 2.97. The van der Waals surface area contributed by atoms with E-state index < -0.39 is 0 Å². The predicted molar refractivity (Wildman–Crippen MR) is 47.6 cm³/mol. The lowest BCUT2D eigenvalue weighted by molar-refractivity contribution is 1.09. The SMILES string of the molecule is CC.CCc1ncc(C)s1. The van der Waals surface area contributed by atoms with Crippen LogP contribution in [0.5, 0.6) is 0 Å². The van der Waals surface area contributed by atoms with Gasteiger partial charge in [0.05, 0.1) is 5.01 Å². The Bertz CT molecular complexity index is 170. The third-order valence-electron chi connectivity index (χ3n) is 0.972. The predicted octanol–water partition coefficient (Wildman–Crippen LogP) is 3.04. The largest absolute Gasteiger partial charge is 0.249 e. The molecule has 1 rings (SSSR count). The molecule has 0 aromatic carbocycles. The smallest absolute Gasteiger partial charge is 0.0924 e. The van der Waals surface area contributed by atoms with Gasteiger partial charge in [-0.05, 0) is 13.3 Å². The van der Waals surface area contributed by atoms with Crippen molar-refractivity contribution in [1.29, 1.82) is 0 Å². The molecule has 0 saturated heterocycles. The van der Waals surface area contributed by atoms with E-state index in [1.807, 2.05) is 20.0 Å². The molecule has 0 radical (unpaired) electrons. The fourth-order valence-corrected chi connectivity index (χ4v) is 1.29. The van der Waals surface area contributed by atoms with Crippen LogP contribution in [0.1, 0.15) is 30.7 Å². The standard InChI is InChI=1S/C6H9NS.C2H6/c1-3-6-7-4-5(2)8-6;1-2/h4H,3H2,1-2H3;1-2H3. The first-order chi connectivity index (χ1) is 4.83. The second kappa shape index (κ2) is 5.42. The number of hydrogen-bond acceptors (Lipinski definition) is 2. The van der Waals surface area contributed by atoms with Crippen molar-refractivity contribution >= 4 is 11.3 Å². The lowest BCUT2D eigenvalue weighted by Crippen LogP contribution is -1.70. The zero-order valence-corrected chi connectivity index (χ0v) is 7.96. The van der Waals surface area contributed by atoms with Crippen LogP contribution >= 0.6 is 11.3 Å². The summed E-state index contributed by atoms with van der Waals surface area (Å²) < 4.78 is 0. The average molecular weight is 157 g/mol. The summed E-state index contributed by atoms with van der Waals surface area (Å²) in [4.78, 5) is 5.46. The van der Waals surface area contributed by atoms with Gasteiger partial charge in [-0.2, -0.15) is 0 Å². The molecule has 1 heterocycles. The van der Waals surface area contributed by atoms with Crippen LogP contribution in [0.2, 0.25) is 0 Å². The molecule has 0 fully saturated rings. The average Bonchev–Trinajstić information content (AvgIpc) is 2.40. The summed E-state index contributed by atoms with van der Waals surface area (Å²) in [5.74, 6) is 0. The number of aromatic nitrogens is 1. The highest BCUT2D eigenvalue weighted by Crippen LogP contribution is 2.10. The van der Waals surface area contributed by atoms with E-state index in [0.29, 0.717) is 0 Å². The molecule has 0 bridgehead atoms. The first-order valence-corrected chi connectivity index (χ1v) is 4.56. The quantitative estimate of drug-likeness (QED) is 0.610. The van der Waals surface area contributed by atoms with E-state index in [0.717, 1.165) is 6.42 Å². The highest BCUT2D eigenvalue weighted by atomic mass is 32.1. The monoisotopic (exact) mass is 157 g/mol. The van der Waals surface area contributed by atoms with Gasteiger partial charge < -0.3 is 0 Å². The van der Waals surface area contributed by atoms with E-state index in [1.165, 1.54) is 9.88 Å². The summed E-state index contributed by atoms with van der Waals surface area (Å²) in [6.45, 7) is 8.20. The maximum Gasteiger partial charge on any atom is 0.0924 e. The van der Waals surface area contributed by atoms with Crippen molar-refractivity contribution < 1.29 is 0 Å². The Morgan fingerprint density at radius 2 is 2.10 bits per heavy atom. The van der Waals surface area contributed by atoms with Crippen LogP contribution in [0.3, 0.4) is 0 Å². The van der Waals surface area contributed by atoms with Gasteiger partial charge in [-0.25, -0.2) is 4.98 Å². The first kappa shape index (κ1) is 9.63. The number of hydrogen-bond donors (Lipinski definition) is 0. The maximum absolute atomic E-state index is 4.15. The Morgan fingerprint density at radius 1 is 1.50 bits per heavy atom. The normalized spacial score (nSPS) is 8.40. The van der Waals surface area contributed by atoms with Crippen molar-refractivity contribution in [3.05, 3.63) is 16.1 Å². The van der Waals surface area contributed by atoms with Gasteiger partial charge in [0, 0.05) is 11.1 Å². The zero-order chi connectivity index (χ0) is 7.98. The Labute approximate surface area is 67.1 Å². The fourth-order valence-electron chi connectivity index (χ4n) is 0.565. The maximum atomic E-state index is 4.15. The Morgan fingerprint density at radius 3 is 2.30 bits per heavy atom. The molecule has 0 unspecified atom stereocenters. The van der Waals surface area contributed by atoms with E-state index in [2.05, 4.69) is 18.8 Å². The highest BCUT2D eigenvalue weighted by molar-refractivity contribution is 7.11. The van der Waals surface area contributed by atoms with Crippen LogP contribution in [-0.4, -0.2) is 4.98 Å². The topological polar surface area (TPSA) is 12.9 Å². The van der Waals surface area contributed by atoms with Gasteiger partial charge in [0.15, 0.2) is 0 Å². The van der Waals surface area contributed by atoms with Crippen LogP contribution in [0.25, 0.3) is 0 Å². The van der Waals surface area contributed by atoms with Gasteiger partial charge in [0.1, 0.15) is 0 Å². The van der Waals surface area contributed by atoms with Gasteiger partial charge in [-0.15, -0.1) is 11.3 Å². The Hall–Kier alpha value is -0.370. The van der Waals surface area contributed by atoms with Gasteiger partial charge in [0.2, 0.25) is 0 Å². The summed E-state index contributed by atoms with van der Waals surface area (Å²) in [7, 11) is 0. The molecule has 10 heavy (non-hydrogen) atoms. The molecular weight excluding hydrogens is 142 g/mol.